The maximum Gasteiger partial charge on any atom is 0.191 e. The minimum atomic E-state index is 0. The summed E-state index contributed by atoms with van der Waals surface area (Å²) in [5, 5.41) is 7.51. The molecule has 1 saturated heterocycles. The van der Waals surface area contributed by atoms with Crippen LogP contribution in [0.3, 0.4) is 0 Å². The first kappa shape index (κ1) is 26.1. The van der Waals surface area contributed by atoms with Crippen LogP contribution in [0.4, 0.5) is 5.82 Å². The van der Waals surface area contributed by atoms with Gasteiger partial charge in [0.05, 0.1) is 38.5 Å². The van der Waals surface area contributed by atoms with Crippen LogP contribution >= 0.6 is 35.6 Å². The van der Waals surface area contributed by atoms with E-state index in [1.807, 2.05) is 31.2 Å². The van der Waals surface area contributed by atoms with Crippen LogP contribution in [0.15, 0.2) is 35.5 Å². The van der Waals surface area contributed by atoms with Crippen LogP contribution in [-0.4, -0.2) is 57.9 Å². The molecule has 0 aliphatic carbocycles. The average molecular weight is 576 g/mol. The Labute approximate surface area is 211 Å². The molecule has 1 aromatic heterocycles. The van der Waals surface area contributed by atoms with Gasteiger partial charge in [-0.05, 0) is 25.5 Å². The number of hydrogen-bond donors (Lipinski definition) is 2. The normalized spacial score (nSPS) is 15.7. The summed E-state index contributed by atoms with van der Waals surface area (Å²) in [6.07, 6.45) is 2.73. The maximum absolute atomic E-state index is 6.31. The number of aliphatic imine (C=N–C) groups is 1. The van der Waals surface area contributed by atoms with Gasteiger partial charge >= 0.3 is 0 Å². The van der Waals surface area contributed by atoms with Crippen molar-refractivity contribution in [1.82, 2.24) is 15.6 Å². The SMILES string of the molecule is CCNC(=NCc1c(OC)cc(OC)cc1OC)NC1CCN(c2ncccc2Cl)C1.I. The van der Waals surface area contributed by atoms with Crippen molar-refractivity contribution in [2.75, 3.05) is 45.9 Å². The summed E-state index contributed by atoms with van der Waals surface area (Å²) in [5.41, 5.74) is 0.858. The smallest absolute Gasteiger partial charge is 0.191 e. The largest absolute Gasteiger partial charge is 0.496 e. The number of benzene rings is 1. The third-order valence-electron chi connectivity index (χ3n) is 5.12. The van der Waals surface area contributed by atoms with Gasteiger partial charge in [0, 0.05) is 44.0 Å². The highest BCUT2D eigenvalue weighted by Gasteiger charge is 2.25. The summed E-state index contributed by atoms with van der Waals surface area (Å²) >= 11 is 6.31. The first-order chi connectivity index (χ1) is 15.1. The lowest BCUT2D eigenvalue weighted by Crippen LogP contribution is -2.44. The molecule has 1 aliphatic heterocycles. The number of pyridine rings is 1. The van der Waals surface area contributed by atoms with Crippen LogP contribution in [-0.2, 0) is 6.54 Å². The number of methoxy groups -OCH3 is 3. The molecular formula is C22H31ClIN5O3. The molecule has 0 amide bonds. The van der Waals surface area contributed by atoms with Gasteiger partial charge in [-0.3, -0.25) is 0 Å². The Morgan fingerprint density at radius 1 is 1.22 bits per heavy atom. The van der Waals surface area contributed by atoms with Crippen molar-refractivity contribution in [3.63, 3.8) is 0 Å². The lowest BCUT2D eigenvalue weighted by molar-refractivity contribution is 0.369. The zero-order chi connectivity index (χ0) is 22.2. The second-order valence-corrected chi connectivity index (χ2v) is 7.50. The predicted molar refractivity (Wildman–Crippen MR) is 139 cm³/mol. The molecule has 1 aromatic carbocycles. The third kappa shape index (κ3) is 6.44. The molecule has 176 valence electrons. The van der Waals surface area contributed by atoms with E-state index >= 15 is 0 Å². The van der Waals surface area contributed by atoms with Crippen LogP contribution in [0.5, 0.6) is 17.2 Å². The molecule has 10 heteroatoms. The second-order valence-electron chi connectivity index (χ2n) is 7.09. The Hall–Kier alpha value is -2.14. The molecule has 0 saturated carbocycles. The molecule has 8 nitrogen and oxygen atoms in total. The maximum atomic E-state index is 6.31. The van der Waals surface area contributed by atoms with Crippen molar-refractivity contribution < 1.29 is 14.2 Å². The van der Waals surface area contributed by atoms with Crippen LogP contribution in [0.2, 0.25) is 5.02 Å². The second kappa shape index (κ2) is 12.8. The van der Waals surface area contributed by atoms with Crippen LogP contribution in [0, 0.1) is 0 Å². The van der Waals surface area contributed by atoms with Crippen LogP contribution in [0.1, 0.15) is 18.9 Å². The van der Waals surface area contributed by atoms with E-state index in [2.05, 4.69) is 20.5 Å². The summed E-state index contributed by atoms with van der Waals surface area (Å²) in [6, 6.07) is 7.61. The molecule has 32 heavy (non-hydrogen) atoms. The lowest BCUT2D eigenvalue weighted by Gasteiger charge is -2.20. The number of nitrogens with one attached hydrogen (secondary N) is 2. The molecule has 2 aromatic rings. The van der Waals surface area contributed by atoms with E-state index in [-0.39, 0.29) is 30.0 Å². The summed E-state index contributed by atoms with van der Waals surface area (Å²) in [7, 11) is 4.86. The van der Waals surface area contributed by atoms with Gasteiger partial charge in [0.25, 0.3) is 0 Å². The fourth-order valence-electron chi connectivity index (χ4n) is 3.59. The third-order valence-corrected chi connectivity index (χ3v) is 5.42. The molecule has 2 heterocycles. The molecule has 1 fully saturated rings. The van der Waals surface area contributed by atoms with E-state index in [9.17, 15) is 0 Å². The zero-order valence-corrected chi connectivity index (χ0v) is 21.9. The van der Waals surface area contributed by atoms with Gasteiger partial charge in [0.2, 0.25) is 0 Å². The van der Waals surface area contributed by atoms with E-state index in [4.69, 9.17) is 30.8 Å². The Kier molecular flexibility index (Phi) is 10.4. The highest BCUT2D eigenvalue weighted by atomic mass is 127. The average Bonchev–Trinajstić information content (AvgIpc) is 3.25. The van der Waals surface area contributed by atoms with Gasteiger partial charge in [-0.15, -0.1) is 24.0 Å². The Morgan fingerprint density at radius 2 is 1.94 bits per heavy atom. The Balaban J connectivity index is 0.00000363. The molecule has 1 unspecified atom stereocenters. The van der Waals surface area contributed by atoms with Gasteiger partial charge in [-0.25, -0.2) is 9.98 Å². The van der Waals surface area contributed by atoms with Crippen molar-refractivity contribution in [2.24, 2.45) is 4.99 Å². The van der Waals surface area contributed by atoms with Gasteiger partial charge in [-0.1, -0.05) is 11.6 Å². The monoisotopic (exact) mass is 575 g/mol. The number of ether oxygens (including phenoxy) is 3. The van der Waals surface area contributed by atoms with E-state index in [1.54, 1.807) is 27.5 Å². The highest BCUT2D eigenvalue weighted by molar-refractivity contribution is 14.0. The number of aromatic nitrogens is 1. The summed E-state index contributed by atoms with van der Waals surface area (Å²) < 4.78 is 16.4. The molecule has 1 aliphatic rings. The minimum absolute atomic E-state index is 0. The van der Waals surface area contributed by atoms with Gasteiger partial charge in [0.1, 0.15) is 23.1 Å². The van der Waals surface area contributed by atoms with E-state index < -0.39 is 0 Å². The van der Waals surface area contributed by atoms with Crippen molar-refractivity contribution >= 4 is 47.4 Å². The van der Waals surface area contributed by atoms with E-state index in [0.717, 1.165) is 43.4 Å². The fourth-order valence-corrected chi connectivity index (χ4v) is 3.83. The minimum Gasteiger partial charge on any atom is -0.496 e. The number of hydrogen-bond acceptors (Lipinski definition) is 6. The van der Waals surface area contributed by atoms with Crippen molar-refractivity contribution in [3.8, 4) is 17.2 Å². The first-order valence-corrected chi connectivity index (χ1v) is 10.7. The number of guanidine groups is 1. The molecule has 0 radical (unpaired) electrons. The molecule has 3 rings (SSSR count). The zero-order valence-electron chi connectivity index (χ0n) is 18.9. The number of anilines is 1. The molecule has 2 N–H and O–H groups in total. The van der Waals surface area contributed by atoms with Crippen molar-refractivity contribution in [2.45, 2.75) is 25.9 Å². The predicted octanol–water partition coefficient (Wildman–Crippen LogP) is 3.71. The number of halogens is 2. The number of rotatable bonds is 8. The van der Waals surface area contributed by atoms with Gasteiger partial charge < -0.3 is 29.7 Å². The highest BCUT2D eigenvalue weighted by Crippen LogP contribution is 2.34. The van der Waals surface area contributed by atoms with E-state index in [0.29, 0.717) is 28.8 Å². The van der Waals surface area contributed by atoms with Crippen LogP contribution < -0.4 is 29.7 Å². The van der Waals surface area contributed by atoms with Crippen LogP contribution in [0.25, 0.3) is 0 Å². The summed E-state index contributed by atoms with van der Waals surface area (Å²) in [6.45, 7) is 4.88. The standard InChI is InChI=1S/C22H30ClN5O3.HI/c1-5-24-22(26-13-17-19(30-3)11-16(29-2)12-20(17)31-4)27-15-8-10-28(14-15)21-18(23)7-6-9-25-21;/h6-7,9,11-12,15H,5,8,10,13-14H2,1-4H3,(H2,24,26,27);1H. The number of nitrogens with zero attached hydrogens (tertiary/aromatic N) is 3. The Bertz CT molecular complexity index is 890. The molecule has 1 atom stereocenters. The van der Waals surface area contributed by atoms with Gasteiger partial charge in [-0.2, -0.15) is 0 Å². The topological polar surface area (TPSA) is 80.2 Å². The molecule has 0 spiro atoms. The van der Waals surface area contributed by atoms with Crippen molar-refractivity contribution in [1.29, 1.82) is 0 Å². The quantitative estimate of drug-likeness (QED) is 0.282. The fraction of sp³-hybridized carbons (Fsp3) is 0.455. The first-order valence-electron chi connectivity index (χ1n) is 10.3. The molecule has 0 bridgehead atoms. The summed E-state index contributed by atoms with van der Waals surface area (Å²) in [5.74, 6) is 3.58. The molecular weight excluding hydrogens is 545 g/mol. The van der Waals surface area contributed by atoms with E-state index in [1.165, 1.54) is 0 Å². The summed E-state index contributed by atoms with van der Waals surface area (Å²) in [4.78, 5) is 11.4. The Morgan fingerprint density at radius 3 is 2.53 bits per heavy atom. The lowest BCUT2D eigenvalue weighted by atomic mass is 10.1. The van der Waals surface area contributed by atoms with Crippen molar-refractivity contribution in [3.05, 3.63) is 41.0 Å². The van der Waals surface area contributed by atoms with Gasteiger partial charge in [0.15, 0.2) is 5.96 Å².